The summed E-state index contributed by atoms with van der Waals surface area (Å²) in [5.41, 5.74) is 0. The molecule has 0 aliphatic carbocycles. The largest absolute Gasteiger partial charge is 0.337 e. The van der Waals surface area contributed by atoms with Crippen molar-refractivity contribution in [3.8, 4) is 0 Å². The summed E-state index contributed by atoms with van der Waals surface area (Å²) in [6.07, 6.45) is 0. The fraction of sp³-hybridized carbons (Fsp3) is 0.909. The van der Waals surface area contributed by atoms with Crippen molar-refractivity contribution < 1.29 is 13.2 Å². The molecule has 0 radical (unpaired) electrons. The van der Waals surface area contributed by atoms with E-state index in [4.69, 9.17) is 0 Å². The van der Waals surface area contributed by atoms with Crippen LogP contribution in [0.25, 0.3) is 0 Å². The highest BCUT2D eigenvalue weighted by molar-refractivity contribution is 7.89. The van der Waals surface area contributed by atoms with E-state index in [0.717, 1.165) is 13.1 Å². The molecule has 6 nitrogen and oxygen atoms in total. The monoisotopic (exact) mass is 277 g/mol. The fourth-order valence-electron chi connectivity index (χ4n) is 2.16. The van der Waals surface area contributed by atoms with E-state index in [2.05, 4.69) is 5.32 Å². The summed E-state index contributed by atoms with van der Waals surface area (Å²) < 4.78 is 25.4. The van der Waals surface area contributed by atoms with Crippen molar-refractivity contribution in [2.45, 2.75) is 26.8 Å². The van der Waals surface area contributed by atoms with Gasteiger partial charge in [-0.1, -0.05) is 13.8 Å². The Hall–Kier alpha value is -0.660. The third-order valence-electron chi connectivity index (χ3n) is 3.23. The summed E-state index contributed by atoms with van der Waals surface area (Å²) in [5.74, 6) is -0.713. The van der Waals surface area contributed by atoms with Gasteiger partial charge in [0.15, 0.2) is 0 Å². The van der Waals surface area contributed by atoms with Crippen LogP contribution < -0.4 is 5.32 Å². The van der Waals surface area contributed by atoms with Crippen molar-refractivity contribution >= 4 is 15.9 Å². The zero-order valence-corrected chi connectivity index (χ0v) is 12.2. The Morgan fingerprint density at radius 2 is 2.00 bits per heavy atom. The third kappa shape index (κ3) is 3.66. The Labute approximate surface area is 109 Å². The summed E-state index contributed by atoms with van der Waals surface area (Å²) in [6, 6.07) is 0.0538. The first kappa shape index (κ1) is 15.4. The lowest BCUT2D eigenvalue weighted by Gasteiger charge is -2.34. The first-order valence-corrected chi connectivity index (χ1v) is 8.01. The summed E-state index contributed by atoms with van der Waals surface area (Å²) in [6.45, 7) is 8.31. The van der Waals surface area contributed by atoms with Crippen LogP contribution in [-0.2, 0) is 14.8 Å². The van der Waals surface area contributed by atoms with Gasteiger partial charge in [-0.25, -0.2) is 12.7 Å². The van der Waals surface area contributed by atoms with Gasteiger partial charge in [0.2, 0.25) is 15.9 Å². The van der Waals surface area contributed by atoms with Gasteiger partial charge in [-0.2, -0.15) is 0 Å². The first-order valence-electron chi connectivity index (χ1n) is 6.40. The Morgan fingerprint density at radius 1 is 1.39 bits per heavy atom. The van der Waals surface area contributed by atoms with Gasteiger partial charge >= 0.3 is 0 Å². The maximum absolute atomic E-state index is 12.1. The molecule has 0 saturated carbocycles. The molecule has 0 unspecified atom stereocenters. The van der Waals surface area contributed by atoms with E-state index >= 15 is 0 Å². The SMILES string of the molecule is CCN(CC)S(=O)(=O)CC(=O)N1CCNC[C@H]1C. The second kappa shape index (κ2) is 6.49. The van der Waals surface area contributed by atoms with Crippen LogP contribution in [0.2, 0.25) is 0 Å². The van der Waals surface area contributed by atoms with Crippen LogP contribution in [0.1, 0.15) is 20.8 Å². The minimum atomic E-state index is -3.47. The Balaban J connectivity index is 2.68. The van der Waals surface area contributed by atoms with Gasteiger partial charge in [0.1, 0.15) is 5.75 Å². The van der Waals surface area contributed by atoms with Crippen LogP contribution in [0.3, 0.4) is 0 Å². The average Bonchev–Trinajstić information content (AvgIpc) is 2.29. The Morgan fingerprint density at radius 3 is 2.50 bits per heavy atom. The quantitative estimate of drug-likeness (QED) is 0.734. The van der Waals surface area contributed by atoms with Gasteiger partial charge in [0, 0.05) is 38.8 Å². The lowest BCUT2D eigenvalue weighted by atomic mass is 10.2. The third-order valence-corrected chi connectivity index (χ3v) is 5.14. The van der Waals surface area contributed by atoms with Crippen molar-refractivity contribution in [3.63, 3.8) is 0 Å². The number of piperazine rings is 1. The lowest BCUT2D eigenvalue weighted by Crippen LogP contribution is -2.54. The maximum Gasteiger partial charge on any atom is 0.239 e. The van der Waals surface area contributed by atoms with Gasteiger partial charge < -0.3 is 10.2 Å². The second-order valence-corrected chi connectivity index (χ2v) is 6.45. The lowest BCUT2D eigenvalue weighted by molar-refractivity contribution is -0.131. The number of sulfonamides is 1. The van der Waals surface area contributed by atoms with E-state index in [1.54, 1.807) is 18.7 Å². The van der Waals surface area contributed by atoms with Gasteiger partial charge in [0.05, 0.1) is 0 Å². The standard InChI is InChI=1S/C11H23N3O3S/c1-4-13(5-2)18(16,17)9-11(15)14-7-6-12-8-10(14)3/h10,12H,4-9H2,1-3H3/t10-/m1/s1. The molecule has 1 amide bonds. The van der Waals surface area contributed by atoms with Crippen molar-refractivity contribution in [1.29, 1.82) is 0 Å². The summed E-state index contributed by atoms with van der Waals surface area (Å²) in [4.78, 5) is 13.7. The number of carbonyl (C=O) groups excluding carboxylic acids is 1. The van der Waals surface area contributed by atoms with Gasteiger partial charge in [0.25, 0.3) is 0 Å². The number of hydrogen-bond acceptors (Lipinski definition) is 4. The first-order chi connectivity index (χ1) is 8.42. The molecule has 1 fully saturated rings. The minimum absolute atomic E-state index is 0.0538. The molecule has 18 heavy (non-hydrogen) atoms. The number of hydrogen-bond donors (Lipinski definition) is 1. The van der Waals surface area contributed by atoms with E-state index < -0.39 is 15.8 Å². The van der Waals surface area contributed by atoms with E-state index in [1.165, 1.54) is 4.31 Å². The highest BCUT2D eigenvalue weighted by Crippen LogP contribution is 2.07. The van der Waals surface area contributed by atoms with Crippen LogP contribution in [0.4, 0.5) is 0 Å². The van der Waals surface area contributed by atoms with Crippen LogP contribution in [0, 0.1) is 0 Å². The Kier molecular flexibility index (Phi) is 5.55. The molecule has 1 aliphatic rings. The molecule has 1 N–H and O–H groups in total. The van der Waals surface area contributed by atoms with E-state index in [0.29, 0.717) is 19.6 Å². The molecule has 1 rings (SSSR count). The number of nitrogens with zero attached hydrogens (tertiary/aromatic N) is 2. The summed E-state index contributed by atoms with van der Waals surface area (Å²) in [7, 11) is -3.47. The molecular weight excluding hydrogens is 254 g/mol. The predicted octanol–water partition coefficient (Wildman–Crippen LogP) is -0.522. The number of nitrogens with one attached hydrogen (secondary N) is 1. The molecule has 7 heteroatoms. The zero-order valence-electron chi connectivity index (χ0n) is 11.3. The zero-order chi connectivity index (χ0) is 13.8. The van der Waals surface area contributed by atoms with Crippen LogP contribution >= 0.6 is 0 Å². The molecule has 0 aromatic rings. The highest BCUT2D eigenvalue weighted by atomic mass is 32.2. The molecule has 0 spiro atoms. The van der Waals surface area contributed by atoms with Crippen molar-refractivity contribution in [1.82, 2.24) is 14.5 Å². The van der Waals surface area contributed by atoms with Gasteiger partial charge in [-0.05, 0) is 6.92 Å². The molecule has 0 aromatic heterocycles. The Bertz CT molecular complexity index is 379. The van der Waals surface area contributed by atoms with Crippen molar-refractivity contribution in [3.05, 3.63) is 0 Å². The molecule has 106 valence electrons. The van der Waals surface area contributed by atoms with Crippen LogP contribution in [0.15, 0.2) is 0 Å². The molecule has 1 aliphatic heterocycles. The number of rotatable bonds is 5. The van der Waals surface area contributed by atoms with Gasteiger partial charge in [-0.15, -0.1) is 0 Å². The van der Waals surface area contributed by atoms with Crippen molar-refractivity contribution in [2.75, 3.05) is 38.5 Å². The fourth-order valence-corrected chi connectivity index (χ4v) is 3.61. The molecular formula is C11H23N3O3S. The van der Waals surface area contributed by atoms with Gasteiger partial charge in [-0.3, -0.25) is 4.79 Å². The summed E-state index contributed by atoms with van der Waals surface area (Å²) >= 11 is 0. The average molecular weight is 277 g/mol. The highest BCUT2D eigenvalue weighted by Gasteiger charge is 2.29. The topological polar surface area (TPSA) is 69.7 Å². The molecule has 1 atom stereocenters. The smallest absolute Gasteiger partial charge is 0.239 e. The predicted molar refractivity (Wildman–Crippen MR) is 70.8 cm³/mol. The van der Waals surface area contributed by atoms with Crippen molar-refractivity contribution in [2.24, 2.45) is 0 Å². The normalized spacial score (nSPS) is 21.3. The summed E-state index contributed by atoms with van der Waals surface area (Å²) in [5, 5.41) is 3.17. The molecule has 1 heterocycles. The second-order valence-electron chi connectivity index (χ2n) is 4.48. The van der Waals surface area contributed by atoms with E-state index in [-0.39, 0.29) is 11.9 Å². The molecule has 0 bridgehead atoms. The number of carbonyl (C=O) groups is 1. The van der Waals surface area contributed by atoms with E-state index in [1.807, 2.05) is 6.92 Å². The molecule has 0 aromatic carbocycles. The van der Waals surface area contributed by atoms with E-state index in [9.17, 15) is 13.2 Å². The molecule has 1 saturated heterocycles. The van der Waals surface area contributed by atoms with Crippen LogP contribution in [0.5, 0.6) is 0 Å². The minimum Gasteiger partial charge on any atom is -0.337 e. The van der Waals surface area contributed by atoms with Crippen LogP contribution in [-0.4, -0.2) is 68.0 Å². The maximum atomic E-state index is 12.1. The number of amides is 1.